The van der Waals surface area contributed by atoms with Crippen LogP contribution in [0.2, 0.25) is 0 Å². The zero-order valence-electron chi connectivity index (χ0n) is 5.91. The van der Waals surface area contributed by atoms with Gasteiger partial charge in [0.05, 0.1) is 6.33 Å². The smallest absolute Gasteiger partial charge is 1.00 e. The summed E-state index contributed by atoms with van der Waals surface area (Å²) < 4.78 is 1.78. The summed E-state index contributed by atoms with van der Waals surface area (Å²) in [5, 5.41) is 0. The Bertz CT molecular complexity index is 150. The number of rotatable bonds is 1. The average Bonchev–Trinajstić information content (AvgIpc) is 2.14. The van der Waals surface area contributed by atoms with E-state index in [1.165, 1.54) is 0 Å². The molecule has 8 heavy (non-hydrogen) atoms. The molecular weight excluding hydrogens is 111 g/mol. The maximum absolute atomic E-state index is 3.78. The Morgan fingerprint density at radius 1 is 1.75 bits per heavy atom. The van der Waals surface area contributed by atoms with Gasteiger partial charge in [0.2, 0.25) is 0 Å². The van der Waals surface area contributed by atoms with Gasteiger partial charge in [-0.1, -0.05) is 6.58 Å². The van der Waals surface area contributed by atoms with Crippen LogP contribution in [0, 0.1) is 0 Å². The molecule has 0 fully saturated rings. The van der Waals surface area contributed by atoms with E-state index in [4.69, 9.17) is 0 Å². The maximum Gasteiger partial charge on any atom is 1.00 e. The molecule has 0 radical (unpaired) electrons. The molecule has 1 aromatic heterocycles. The maximum atomic E-state index is 3.78. The molecule has 0 spiro atoms. The number of hydrogen-bond donors (Lipinski definition) is 0. The topological polar surface area (TPSA) is 17.8 Å². The van der Waals surface area contributed by atoms with Crippen LogP contribution in [0.5, 0.6) is 0 Å². The van der Waals surface area contributed by atoms with E-state index >= 15 is 0 Å². The van der Waals surface area contributed by atoms with Gasteiger partial charge < -0.3 is 5.99 Å². The Labute approximate surface area is 72.0 Å². The first-order chi connectivity index (χ1) is 3.43. The standard InChI is InChI=1S/C5H6N2.Na.H/c1-2-7-4-3-6-5-7;;/h2-5H,1H2;;/q;+1;-1. The first-order valence-electron chi connectivity index (χ1n) is 2.03. The molecule has 0 aromatic carbocycles. The van der Waals surface area contributed by atoms with Crippen LogP contribution in [-0.4, -0.2) is 9.55 Å². The van der Waals surface area contributed by atoms with Crippen LogP contribution in [0.4, 0.5) is 0 Å². The molecule has 0 atom stereocenters. The van der Waals surface area contributed by atoms with Crippen LogP contribution < -0.4 is 29.6 Å². The summed E-state index contributed by atoms with van der Waals surface area (Å²) in [6, 6.07) is 0. The third-order valence-corrected chi connectivity index (χ3v) is 0.736. The zero-order chi connectivity index (χ0) is 5.11. The van der Waals surface area contributed by atoms with Gasteiger partial charge in [0, 0.05) is 18.6 Å². The van der Waals surface area contributed by atoms with Crippen molar-refractivity contribution in [3.05, 3.63) is 25.3 Å². The number of aromatic nitrogens is 2. The summed E-state index contributed by atoms with van der Waals surface area (Å²) in [7, 11) is 0. The Hall–Kier alpha value is -0.0500. The predicted octanol–water partition coefficient (Wildman–Crippen LogP) is -1.90. The third-order valence-electron chi connectivity index (χ3n) is 0.736. The quantitative estimate of drug-likeness (QED) is 0.394. The first kappa shape index (κ1) is 7.95. The summed E-state index contributed by atoms with van der Waals surface area (Å²) in [4.78, 5) is 3.78. The van der Waals surface area contributed by atoms with Crippen molar-refractivity contribution >= 4 is 6.20 Å². The van der Waals surface area contributed by atoms with Crippen molar-refractivity contribution in [3.8, 4) is 0 Å². The number of hydrogen-bond acceptors (Lipinski definition) is 1. The Morgan fingerprint density at radius 2 is 2.50 bits per heavy atom. The van der Waals surface area contributed by atoms with E-state index in [0.717, 1.165) is 0 Å². The number of imidazole rings is 1. The molecule has 2 nitrogen and oxygen atoms in total. The molecule has 38 valence electrons. The summed E-state index contributed by atoms with van der Waals surface area (Å²) in [5.41, 5.74) is 0. The summed E-state index contributed by atoms with van der Waals surface area (Å²) in [6.07, 6.45) is 6.91. The summed E-state index contributed by atoms with van der Waals surface area (Å²) in [5.74, 6) is 0. The molecule has 0 aliphatic carbocycles. The zero-order valence-corrected chi connectivity index (χ0v) is 6.91. The minimum Gasteiger partial charge on any atom is -1.00 e. The van der Waals surface area contributed by atoms with E-state index in [1.807, 2.05) is 6.20 Å². The van der Waals surface area contributed by atoms with E-state index < -0.39 is 0 Å². The Balaban J connectivity index is 0. The fraction of sp³-hybridized carbons (Fsp3) is 0. The van der Waals surface area contributed by atoms with Crippen molar-refractivity contribution in [2.24, 2.45) is 0 Å². The molecule has 0 amide bonds. The normalized spacial score (nSPS) is 7.50. The van der Waals surface area contributed by atoms with Crippen molar-refractivity contribution in [2.75, 3.05) is 0 Å². The molecule has 1 heterocycles. The van der Waals surface area contributed by atoms with Gasteiger partial charge >= 0.3 is 29.6 Å². The fourth-order valence-electron chi connectivity index (χ4n) is 0.377. The molecule has 0 saturated heterocycles. The Kier molecular flexibility index (Phi) is 3.87. The van der Waals surface area contributed by atoms with Crippen molar-refractivity contribution in [1.29, 1.82) is 0 Å². The summed E-state index contributed by atoms with van der Waals surface area (Å²) in [6.45, 7) is 3.53. The molecule has 1 aromatic rings. The van der Waals surface area contributed by atoms with Crippen LogP contribution in [0.15, 0.2) is 25.3 Å². The third kappa shape index (κ3) is 1.82. The fourth-order valence-corrected chi connectivity index (χ4v) is 0.377. The van der Waals surface area contributed by atoms with Crippen LogP contribution in [0.3, 0.4) is 0 Å². The molecular formula is C5H7N2Na. The van der Waals surface area contributed by atoms with Crippen molar-refractivity contribution < 1.29 is 31.0 Å². The largest absolute Gasteiger partial charge is 1.00 e. The minimum atomic E-state index is 0. The molecule has 1 rings (SSSR count). The van der Waals surface area contributed by atoms with Gasteiger partial charge in [0.15, 0.2) is 0 Å². The minimum absolute atomic E-state index is 0. The monoisotopic (exact) mass is 118 g/mol. The van der Waals surface area contributed by atoms with Crippen molar-refractivity contribution in [2.45, 2.75) is 0 Å². The molecule has 0 aliphatic heterocycles. The predicted molar refractivity (Wildman–Crippen MR) is 29.7 cm³/mol. The van der Waals surface area contributed by atoms with Gasteiger partial charge in [-0.2, -0.15) is 0 Å². The molecule has 0 N–H and O–H groups in total. The second kappa shape index (κ2) is 3.89. The van der Waals surface area contributed by atoms with E-state index in [-0.39, 0.29) is 31.0 Å². The van der Waals surface area contributed by atoms with Gasteiger partial charge in [0.1, 0.15) is 0 Å². The molecule has 0 saturated carbocycles. The van der Waals surface area contributed by atoms with E-state index in [2.05, 4.69) is 11.6 Å². The van der Waals surface area contributed by atoms with E-state index in [0.29, 0.717) is 0 Å². The van der Waals surface area contributed by atoms with Crippen molar-refractivity contribution in [3.63, 3.8) is 0 Å². The van der Waals surface area contributed by atoms with Crippen molar-refractivity contribution in [1.82, 2.24) is 9.55 Å². The van der Waals surface area contributed by atoms with Crippen LogP contribution in [-0.2, 0) is 0 Å². The van der Waals surface area contributed by atoms with Gasteiger partial charge in [-0.3, -0.25) is 0 Å². The van der Waals surface area contributed by atoms with Gasteiger partial charge in [-0.05, 0) is 0 Å². The van der Waals surface area contributed by atoms with Crippen LogP contribution >= 0.6 is 0 Å². The van der Waals surface area contributed by atoms with Crippen LogP contribution in [0.25, 0.3) is 6.20 Å². The van der Waals surface area contributed by atoms with Gasteiger partial charge in [0.25, 0.3) is 0 Å². The molecule has 0 aliphatic rings. The first-order valence-corrected chi connectivity index (χ1v) is 2.03. The van der Waals surface area contributed by atoms with E-state index in [9.17, 15) is 0 Å². The average molecular weight is 118 g/mol. The molecule has 0 unspecified atom stereocenters. The number of nitrogens with zero attached hydrogens (tertiary/aromatic N) is 2. The molecule has 0 bridgehead atoms. The SMILES string of the molecule is C=Cn1ccnc1.[H-].[Na+]. The van der Waals surface area contributed by atoms with Gasteiger partial charge in [-0.25, -0.2) is 4.98 Å². The van der Waals surface area contributed by atoms with E-state index in [1.54, 1.807) is 23.3 Å². The van der Waals surface area contributed by atoms with Crippen LogP contribution in [0.1, 0.15) is 1.43 Å². The molecule has 3 heteroatoms. The van der Waals surface area contributed by atoms with Gasteiger partial charge in [-0.15, -0.1) is 0 Å². The second-order valence-corrected chi connectivity index (χ2v) is 1.19. The second-order valence-electron chi connectivity index (χ2n) is 1.19. The summed E-state index contributed by atoms with van der Waals surface area (Å²) >= 11 is 0. The Morgan fingerprint density at radius 3 is 2.75 bits per heavy atom.